The molecule has 2 aromatic rings. The summed E-state index contributed by atoms with van der Waals surface area (Å²) in [6, 6.07) is 15.0. The van der Waals surface area contributed by atoms with E-state index in [4.69, 9.17) is 16.3 Å². The van der Waals surface area contributed by atoms with Crippen LogP contribution in [0.4, 0.5) is 0 Å². The van der Waals surface area contributed by atoms with Crippen LogP contribution >= 0.6 is 23.4 Å². The molecule has 4 rings (SSSR count). The summed E-state index contributed by atoms with van der Waals surface area (Å²) in [6.45, 7) is 1.37. The molecule has 9 heteroatoms. The predicted molar refractivity (Wildman–Crippen MR) is 128 cm³/mol. The van der Waals surface area contributed by atoms with Gasteiger partial charge in [0, 0.05) is 34.3 Å². The maximum Gasteiger partial charge on any atom is 0.237 e. The highest BCUT2D eigenvalue weighted by molar-refractivity contribution is 8.00. The smallest absolute Gasteiger partial charge is 0.237 e. The first-order valence-corrected chi connectivity index (χ1v) is 13.7. The van der Waals surface area contributed by atoms with Crippen LogP contribution in [0.5, 0.6) is 5.75 Å². The Morgan fingerprint density at radius 3 is 2.69 bits per heavy atom. The summed E-state index contributed by atoms with van der Waals surface area (Å²) < 4.78 is 28.8. The van der Waals surface area contributed by atoms with E-state index >= 15 is 0 Å². The largest absolute Gasteiger partial charge is 0.497 e. The number of nitrogens with one attached hydrogen (secondary N) is 1. The number of halogens is 1. The van der Waals surface area contributed by atoms with Crippen molar-refractivity contribution in [3.05, 3.63) is 59.1 Å². The second kappa shape index (κ2) is 10.0. The quantitative estimate of drug-likeness (QED) is 0.636. The maximum atomic E-state index is 13.2. The van der Waals surface area contributed by atoms with Crippen LogP contribution in [0.3, 0.4) is 0 Å². The number of likely N-dealkylation sites (tertiary alicyclic amines) is 1. The standard InChI is InChI=1S/C23H27ClN2O4S2/c1-30-19-5-7-20(8-6-19)31-21-12-22(23(27)25-18-9-10-32(28,29)15-18)26(14-21)13-16-3-2-4-17(24)11-16/h2-8,11,18,21-22H,9-10,12-15H2,1H3,(H,25,27)/t18-,21-,22+/m1/s1. The van der Waals surface area contributed by atoms with Gasteiger partial charge >= 0.3 is 0 Å². The van der Waals surface area contributed by atoms with E-state index in [9.17, 15) is 13.2 Å². The van der Waals surface area contributed by atoms with Crippen LogP contribution in [0, 0.1) is 0 Å². The molecule has 2 aromatic carbocycles. The number of thioether (sulfide) groups is 1. The van der Waals surface area contributed by atoms with E-state index in [1.165, 1.54) is 0 Å². The first-order valence-electron chi connectivity index (χ1n) is 10.6. The van der Waals surface area contributed by atoms with Crippen LogP contribution in [-0.4, -0.2) is 61.7 Å². The van der Waals surface area contributed by atoms with E-state index in [1.807, 2.05) is 48.5 Å². The molecule has 0 aromatic heterocycles. The lowest BCUT2D eigenvalue weighted by Crippen LogP contribution is -2.47. The van der Waals surface area contributed by atoms with Gasteiger partial charge in [0.2, 0.25) is 5.91 Å². The average molecular weight is 495 g/mol. The van der Waals surface area contributed by atoms with Crippen molar-refractivity contribution in [3.63, 3.8) is 0 Å². The van der Waals surface area contributed by atoms with E-state index in [1.54, 1.807) is 18.9 Å². The average Bonchev–Trinajstić information content (AvgIpc) is 3.30. The van der Waals surface area contributed by atoms with Gasteiger partial charge in [-0.05, 0) is 54.8 Å². The monoisotopic (exact) mass is 494 g/mol. The highest BCUT2D eigenvalue weighted by Crippen LogP contribution is 2.35. The Kier molecular flexibility index (Phi) is 7.34. The van der Waals surface area contributed by atoms with Gasteiger partial charge in [-0.15, -0.1) is 11.8 Å². The fraction of sp³-hybridized carbons (Fsp3) is 0.435. The lowest BCUT2D eigenvalue weighted by Gasteiger charge is -2.25. The van der Waals surface area contributed by atoms with Crippen LogP contribution in [0.1, 0.15) is 18.4 Å². The van der Waals surface area contributed by atoms with Crippen LogP contribution in [0.25, 0.3) is 0 Å². The first-order chi connectivity index (χ1) is 15.3. The highest BCUT2D eigenvalue weighted by Gasteiger charge is 2.39. The summed E-state index contributed by atoms with van der Waals surface area (Å²) in [4.78, 5) is 16.5. The number of rotatable bonds is 7. The number of nitrogens with zero attached hydrogens (tertiary/aromatic N) is 1. The van der Waals surface area contributed by atoms with E-state index in [0.29, 0.717) is 24.4 Å². The SMILES string of the molecule is COc1ccc(S[C@@H]2C[C@@H](C(=O)N[C@@H]3CCS(=O)(=O)C3)N(Cc3cccc(Cl)c3)C2)cc1. The fourth-order valence-corrected chi connectivity index (χ4v) is 7.43. The molecule has 0 radical (unpaired) electrons. The molecule has 0 aliphatic carbocycles. The predicted octanol–water partition coefficient (Wildman–Crippen LogP) is 3.39. The van der Waals surface area contributed by atoms with Crippen molar-refractivity contribution in [2.24, 2.45) is 0 Å². The zero-order valence-electron chi connectivity index (χ0n) is 17.9. The van der Waals surface area contributed by atoms with E-state index < -0.39 is 9.84 Å². The number of carbonyl (C=O) groups excluding carboxylic acids is 1. The Balaban J connectivity index is 1.47. The Hall–Kier alpha value is -1.74. The molecule has 2 aliphatic rings. The van der Waals surface area contributed by atoms with Gasteiger partial charge in [0.15, 0.2) is 9.84 Å². The van der Waals surface area contributed by atoms with E-state index in [-0.39, 0.29) is 34.7 Å². The van der Waals surface area contributed by atoms with Gasteiger partial charge in [0.05, 0.1) is 24.7 Å². The molecular weight excluding hydrogens is 468 g/mol. The fourth-order valence-electron chi connectivity index (χ4n) is 4.32. The summed E-state index contributed by atoms with van der Waals surface area (Å²) in [5, 5.41) is 3.90. The van der Waals surface area contributed by atoms with Crippen LogP contribution in [0.2, 0.25) is 5.02 Å². The molecule has 2 saturated heterocycles. The molecular formula is C23H27ClN2O4S2. The topological polar surface area (TPSA) is 75.7 Å². The van der Waals surface area contributed by atoms with E-state index in [0.717, 1.165) is 22.8 Å². The molecule has 2 aliphatic heterocycles. The number of sulfone groups is 1. The van der Waals surface area contributed by atoms with Gasteiger partial charge in [-0.25, -0.2) is 8.42 Å². The van der Waals surface area contributed by atoms with Crippen molar-refractivity contribution in [2.75, 3.05) is 25.2 Å². The van der Waals surface area contributed by atoms with Crippen LogP contribution in [-0.2, 0) is 21.2 Å². The molecule has 0 unspecified atom stereocenters. The molecule has 2 fully saturated rings. The molecule has 6 nitrogen and oxygen atoms in total. The normalized spacial score (nSPS) is 25.0. The summed E-state index contributed by atoms with van der Waals surface area (Å²) >= 11 is 7.91. The molecule has 0 bridgehead atoms. The van der Waals surface area contributed by atoms with Gasteiger partial charge in [0.1, 0.15) is 5.75 Å². The Labute approximate surface area is 198 Å². The minimum absolute atomic E-state index is 0.0315. The van der Waals surface area contributed by atoms with Crippen molar-refractivity contribution < 1.29 is 17.9 Å². The third-order valence-corrected chi connectivity index (χ3v) is 9.11. The number of carbonyl (C=O) groups is 1. The summed E-state index contributed by atoms with van der Waals surface area (Å²) in [5.74, 6) is 0.897. The summed E-state index contributed by atoms with van der Waals surface area (Å²) in [6.07, 6.45) is 1.18. The lowest BCUT2D eigenvalue weighted by molar-refractivity contribution is -0.126. The highest BCUT2D eigenvalue weighted by atomic mass is 35.5. The Bertz CT molecular complexity index is 1060. The molecule has 2 heterocycles. The van der Waals surface area contributed by atoms with Crippen molar-refractivity contribution >= 4 is 39.1 Å². The van der Waals surface area contributed by atoms with Gasteiger partial charge in [-0.2, -0.15) is 0 Å². The molecule has 0 spiro atoms. The molecule has 32 heavy (non-hydrogen) atoms. The molecule has 3 atom stereocenters. The molecule has 172 valence electrons. The first kappa shape index (κ1) is 23.4. The molecule has 0 saturated carbocycles. The number of benzene rings is 2. The number of hydrogen-bond acceptors (Lipinski definition) is 6. The van der Waals surface area contributed by atoms with Crippen molar-refractivity contribution in [1.29, 1.82) is 0 Å². The lowest BCUT2D eigenvalue weighted by atomic mass is 10.1. The van der Waals surface area contributed by atoms with Crippen molar-refractivity contribution in [2.45, 2.75) is 41.6 Å². The molecule has 1 amide bonds. The molecule has 1 N–H and O–H groups in total. The second-order valence-corrected chi connectivity index (χ2v) is 12.4. The van der Waals surface area contributed by atoms with Crippen LogP contribution in [0.15, 0.2) is 53.4 Å². The number of amides is 1. The van der Waals surface area contributed by atoms with E-state index in [2.05, 4.69) is 10.2 Å². The zero-order chi connectivity index (χ0) is 22.7. The third kappa shape index (κ3) is 5.98. The van der Waals surface area contributed by atoms with Gasteiger partial charge in [-0.1, -0.05) is 23.7 Å². The number of ether oxygens (including phenoxy) is 1. The summed E-state index contributed by atoms with van der Waals surface area (Å²) in [7, 11) is -1.40. The van der Waals surface area contributed by atoms with Gasteiger partial charge in [-0.3, -0.25) is 9.69 Å². The van der Waals surface area contributed by atoms with Gasteiger partial charge < -0.3 is 10.1 Å². The third-order valence-electron chi connectivity index (χ3n) is 5.88. The maximum absolute atomic E-state index is 13.2. The van der Waals surface area contributed by atoms with Gasteiger partial charge in [0.25, 0.3) is 0 Å². The summed E-state index contributed by atoms with van der Waals surface area (Å²) in [5.41, 5.74) is 1.05. The minimum Gasteiger partial charge on any atom is -0.497 e. The Morgan fingerprint density at radius 2 is 2.03 bits per heavy atom. The van der Waals surface area contributed by atoms with Crippen molar-refractivity contribution in [3.8, 4) is 5.75 Å². The number of hydrogen-bond donors (Lipinski definition) is 1. The van der Waals surface area contributed by atoms with Crippen LogP contribution < -0.4 is 10.1 Å². The van der Waals surface area contributed by atoms with Crippen molar-refractivity contribution in [1.82, 2.24) is 10.2 Å². The Morgan fingerprint density at radius 1 is 1.25 bits per heavy atom. The zero-order valence-corrected chi connectivity index (χ0v) is 20.3. The number of methoxy groups -OCH3 is 1. The minimum atomic E-state index is -3.05. The second-order valence-electron chi connectivity index (χ2n) is 8.33.